The molecule has 5 rings (SSSR count). The van der Waals surface area contributed by atoms with Gasteiger partial charge in [0.25, 0.3) is 5.56 Å². The minimum Gasteiger partial charge on any atom is -0.412 e. The van der Waals surface area contributed by atoms with E-state index in [4.69, 9.17) is 28.0 Å². The van der Waals surface area contributed by atoms with E-state index in [-0.39, 0.29) is 0 Å². The van der Waals surface area contributed by atoms with Gasteiger partial charge in [0.1, 0.15) is 7.11 Å². The van der Waals surface area contributed by atoms with Crippen molar-refractivity contribution >= 4 is 51.6 Å². The van der Waals surface area contributed by atoms with Gasteiger partial charge in [-0.25, -0.2) is 4.98 Å². The van der Waals surface area contributed by atoms with Gasteiger partial charge < -0.3 is 15.1 Å². The van der Waals surface area contributed by atoms with Crippen molar-refractivity contribution in [3.8, 4) is 11.1 Å². The van der Waals surface area contributed by atoms with Gasteiger partial charge in [-0.15, -0.1) is 4.73 Å². The normalized spacial score (nSPS) is 14.2. The highest BCUT2D eigenvalue weighted by Gasteiger charge is 2.19. The van der Waals surface area contributed by atoms with E-state index < -0.39 is 5.56 Å². The van der Waals surface area contributed by atoms with Crippen LogP contribution in [-0.4, -0.2) is 59.4 Å². The number of fused-ring (bicyclic) bond motifs is 1. The van der Waals surface area contributed by atoms with Gasteiger partial charge in [0.05, 0.1) is 15.6 Å². The molecule has 0 atom stereocenters. The molecule has 1 aliphatic heterocycles. The molecule has 37 heavy (non-hydrogen) atoms. The van der Waals surface area contributed by atoms with Crippen LogP contribution in [0.25, 0.3) is 22.2 Å². The predicted molar refractivity (Wildman–Crippen MR) is 150 cm³/mol. The summed E-state index contributed by atoms with van der Waals surface area (Å²) in [5, 5.41) is 4.57. The Morgan fingerprint density at radius 2 is 1.73 bits per heavy atom. The first kappa shape index (κ1) is 25.3. The van der Waals surface area contributed by atoms with E-state index in [9.17, 15) is 4.79 Å². The lowest BCUT2D eigenvalue weighted by atomic mass is 10.1. The van der Waals surface area contributed by atoms with Crippen LogP contribution in [0.2, 0.25) is 10.0 Å². The van der Waals surface area contributed by atoms with Gasteiger partial charge in [0, 0.05) is 54.7 Å². The molecule has 192 valence electrons. The molecule has 0 unspecified atom stereocenters. The Labute approximate surface area is 225 Å². The number of nitrogens with zero attached hydrogens (tertiary/aromatic N) is 5. The van der Waals surface area contributed by atoms with E-state index in [0.717, 1.165) is 43.1 Å². The average molecular weight is 539 g/mol. The summed E-state index contributed by atoms with van der Waals surface area (Å²) in [6.45, 7) is 7.61. The summed E-state index contributed by atoms with van der Waals surface area (Å²) < 4.78 is 1.12. The summed E-state index contributed by atoms with van der Waals surface area (Å²) in [5.41, 5.74) is 2.70. The van der Waals surface area contributed by atoms with Crippen molar-refractivity contribution in [2.75, 3.05) is 50.1 Å². The van der Waals surface area contributed by atoms with Crippen LogP contribution < -0.4 is 20.6 Å². The van der Waals surface area contributed by atoms with E-state index in [1.165, 1.54) is 19.2 Å². The molecule has 0 amide bonds. The van der Waals surface area contributed by atoms with Crippen LogP contribution in [0.1, 0.15) is 13.3 Å². The molecule has 1 saturated heterocycles. The van der Waals surface area contributed by atoms with Crippen LogP contribution in [0.5, 0.6) is 0 Å². The highest BCUT2D eigenvalue weighted by molar-refractivity contribution is 6.39. The molecule has 1 aliphatic rings. The van der Waals surface area contributed by atoms with Crippen molar-refractivity contribution in [1.29, 1.82) is 0 Å². The predicted octanol–water partition coefficient (Wildman–Crippen LogP) is 5.10. The maximum atomic E-state index is 13.3. The van der Waals surface area contributed by atoms with E-state index >= 15 is 0 Å². The van der Waals surface area contributed by atoms with E-state index in [1.807, 2.05) is 12.1 Å². The summed E-state index contributed by atoms with van der Waals surface area (Å²) in [4.78, 5) is 32.6. The molecular formula is C27H28Cl2N6O2. The second-order valence-electron chi connectivity index (χ2n) is 8.91. The molecule has 8 nitrogen and oxygen atoms in total. The van der Waals surface area contributed by atoms with Crippen LogP contribution in [-0.2, 0) is 0 Å². The molecule has 2 aromatic carbocycles. The Kier molecular flexibility index (Phi) is 7.50. The van der Waals surface area contributed by atoms with Gasteiger partial charge in [-0.3, -0.25) is 9.69 Å². The fourth-order valence-electron chi connectivity index (χ4n) is 4.66. The lowest BCUT2D eigenvalue weighted by molar-refractivity contribution is 0.168. The fourth-order valence-corrected chi connectivity index (χ4v) is 5.26. The molecule has 4 aromatic rings. The summed E-state index contributed by atoms with van der Waals surface area (Å²) in [7, 11) is 1.41. The second kappa shape index (κ2) is 11.0. The first-order chi connectivity index (χ1) is 18.0. The largest absolute Gasteiger partial charge is 0.412 e. The average Bonchev–Trinajstić information content (AvgIpc) is 2.90. The minimum absolute atomic E-state index is 0.306. The molecule has 0 spiro atoms. The number of hydrogen-bond acceptors (Lipinski definition) is 7. The molecule has 0 bridgehead atoms. The zero-order valence-electron chi connectivity index (χ0n) is 20.7. The van der Waals surface area contributed by atoms with Crippen LogP contribution in [0.4, 0.5) is 17.3 Å². The summed E-state index contributed by atoms with van der Waals surface area (Å²) >= 11 is 12.7. The van der Waals surface area contributed by atoms with Gasteiger partial charge in [0.15, 0.2) is 5.65 Å². The van der Waals surface area contributed by atoms with Gasteiger partial charge in [-0.2, -0.15) is 4.98 Å². The maximum Gasteiger partial charge on any atom is 0.293 e. The van der Waals surface area contributed by atoms with Gasteiger partial charge in [-0.05, 0) is 55.4 Å². The molecule has 10 heteroatoms. The second-order valence-corrected chi connectivity index (χ2v) is 9.72. The molecule has 3 heterocycles. The van der Waals surface area contributed by atoms with Crippen molar-refractivity contribution in [1.82, 2.24) is 19.6 Å². The molecule has 1 fully saturated rings. The number of pyridine rings is 1. The quantitative estimate of drug-likeness (QED) is 0.350. The van der Waals surface area contributed by atoms with Crippen LogP contribution >= 0.6 is 23.2 Å². The number of anilines is 3. The molecule has 0 radical (unpaired) electrons. The third kappa shape index (κ3) is 5.23. The summed E-state index contributed by atoms with van der Waals surface area (Å²) in [6, 6.07) is 15.0. The molecule has 0 aliphatic carbocycles. The highest BCUT2D eigenvalue weighted by Crippen LogP contribution is 2.34. The lowest BCUT2D eigenvalue weighted by Crippen LogP contribution is -2.46. The number of piperazine rings is 1. The first-order valence-electron chi connectivity index (χ1n) is 12.2. The highest BCUT2D eigenvalue weighted by atomic mass is 35.5. The fraction of sp³-hybridized carbons (Fsp3) is 0.296. The molecule has 2 aromatic heterocycles. The summed E-state index contributed by atoms with van der Waals surface area (Å²) in [5.74, 6) is 0.349. The molecule has 1 N–H and O–H groups in total. The standard InChI is InChI=1S/C27H28Cl2N6O2/c1-3-11-33-12-14-34(15-13-33)20-9-7-19(8-10-20)31-27-30-17-18-16-21(24-22(28)5-4-6-23(24)29)26(36)35(37-2)25(18)32-27/h4-10,16-17H,3,11-15H2,1-2H3,(H,30,31,32). The minimum atomic E-state index is -0.418. The number of benzene rings is 2. The maximum absolute atomic E-state index is 13.3. The van der Waals surface area contributed by atoms with E-state index in [1.54, 1.807) is 30.5 Å². The smallest absolute Gasteiger partial charge is 0.293 e. The van der Waals surface area contributed by atoms with Gasteiger partial charge in [-0.1, -0.05) is 36.2 Å². The number of hydrogen-bond donors (Lipinski definition) is 1. The zero-order valence-corrected chi connectivity index (χ0v) is 22.3. The third-order valence-corrected chi connectivity index (χ3v) is 7.15. The first-order valence-corrected chi connectivity index (χ1v) is 13.0. The Morgan fingerprint density at radius 1 is 1.03 bits per heavy atom. The van der Waals surface area contributed by atoms with Crippen molar-refractivity contribution < 1.29 is 4.84 Å². The Hall–Kier alpha value is -3.33. The number of aromatic nitrogens is 3. The Bertz CT molecular complexity index is 1450. The molecular weight excluding hydrogens is 511 g/mol. The zero-order chi connectivity index (χ0) is 25.9. The van der Waals surface area contributed by atoms with Crippen molar-refractivity contribution in [2.24, 2.45) is 0 Å². The SMILES string of the molecule is CCCN1CCN(c2ccc(Nc3ncc4cc(-c5c(Cl)cccc5Cl)c(=O)n(OC)c4n3)cc2)CC1. The number of rotatable bonds is 7. The van der Waals surface area contributed by atoms with Crippen LogP contribution in [0, 0.1) is 0 Å². The lowest BCUT2D eigenvalue weighted by Gasteiger charge is -2.36. The van der Waals surface area contributed by atoms with Crippen molar-refractivity contribution in [3.63, 3.8) is 0 Å². The topological polar surface area (TPSA) is 75.5 Å². The van der Waals surface area contributed by atoms with Crippen LogP contribution in [0.3, 0.4) is 0 Å². The van der Waals surface area contributed by atoms with Crippen LogP contribution in [0.15, 0.2) is 59.5 Å². The number of halogens is 2. The Morgan fingerprint density at radius 3 is 2.38 bits per heavy atom. The monoisotopic (exact) mass is 538 g/mol. The van der Waals surface area contributed by atoms with E-state index in [0.29, 0.717) is 38.2 Å². The van der Waals surface area contributed by atoms with Gasteiger partial charge >= 0.3 is 0 Å². The van der Waals surface area contributed by atoms with Gasteiger partial charge in [0.2, 0.25) is 5.95 Å². The molecule has 0 saturated carbocycles. The number of nitrogens with one attached hydrogen (secondary N) is 1. The summed E-state index contributed by atoms with van der Waals surface area (Å²) in [6.07, 6.45) is 2.83. The Balaban J connectivity index is 1.39. The third-order valence-electron chi connectivity index (χ3n) is 6.52. The van der Waals surface area contributed by atoms with Crippen molar-refractivity contribution in [2.45, 2.75) is 13.3 Å². The van der Waals surface area contributed by atoms with E-state index in [2.05, 4.69) is 44.1 Å². The van der Waals surface area contributed by atoms with Crippen molar-refractivity contribution in [3.05, 3.63) is 75.1 Å².